The highest BCUT2D eigenvalue weighted by Crippen LogP contribution is 2.23. The van der Waals surface area contributed by atoms with Gasteiger partial charge in [0.25, 0.3) is 0 Å². The van der Waals surface area contributed by atoms with E-state index in [0.29, 0.717) is 31.1 Å². The van der Waals surface area contributed by atoms with Gasteiger partial charge >= 0.3 is 12.1 Å². The number of alkyl halides is 3. The van der Waals surface area contributed by atoms with Gasteiger partial charge in [-0.05, 0) is 69.6 Å². The Morgan fingerprint density at radius 3 is 2.16 bits per heavy atom. The number of ether oxygens (including phenoxy) is 1. The van der Waals surface area contributed by atoms with Crippen LogP contribution in [0.4, 0.5) is 22.0 Å². The molecule has 1 saturated heterocycles. The number of nitrogens with zero attached hydrogens (tertiary/aromatic N) is 2. The van der Waals surface area contributed by atoms with Crippen molar-refractivity contribution in [1.29, 1.82) is 0 Å². The number of rotatable bonds is 8. The van der Waals surface area contributed by atoms with Gasteiger partial charge in [-0.15, -0.1) is 0 Å². The first-order valence-corrected chi connectivity index (χ1v) is 11.8. The van der Waals surface area contributed by atoms with Crippen LogP contribution in [0.25, 0.3) is 0 Å². The predicted molar refractivity (Wildman–Crippen MR) is 127 cm³/mol. The Balaban J connectivity index is 0.000000604. The number of carbonyl (C=O) groups is 2. The first-order valence-electron chi connectivity index (χ1n) is 11.8. The van der Waals surface area contributed by atoms with E-state index in [1.165, 1.54) is 12.1 Å². The Labute approximate surface area is 212 Å². The van der Waals surface area contributed by atoms with Gasteiger partial charge in [-0.25, -0.2) is 13.6 Å². The lowest BCUT2D eigenvalue weighted by Gasteiger charge is -2.31. The summed E-state index contributed by atoms with van der Waals surface area (Å²) >= 11 is 0. The summed E-state index contributed by atoms with van der Waals surface area (Å²) in [6.07, 6.45) is -2.65. The van der Waals surface area contributed by atoms with E-state index in [-0.39, 0.29) is 12.5 Å². The highest BCUT2D eigenvalue weighted by Gasteiger charge is 2.38. The molecule has 0 aromatic heterocycles. The van der Waals surface area contributed by atoms with Gasteiger partial charge in [-0.3, -0.25) is 4.79 Å². The van der Waals surface area contributed by atoms with Crippen molar-refractivity contribution in [2.24, 2.45) is 5.92 Å². The van der Waals surface area contributed by atoms with E-state index in [2.05, 4.69) is 11.9 Å². The fourth-order valence-electron chi connectivity index (χ4n) is 3.81. The summed E-state index contributed by atoms with van der Waals surface area (Å²) < 4.78 is 64.8. The third-order valence-electron chi connectivity index (χ3n) is 5.88. The van der Waals surface area contributed by atoms with Crippen LogP contribution in [0.5, 0.6) is 5.75 Å². The lowest BCUT2D eigenvalue weighted by atomic mass is 9.93. The highest BCUT2D eigenvalue weighted by molar-refractivity contribution is 5.76. The molecule has 0 bridgehead atoms. The molecule has 1 fully saturated rings. The lowest BCUT2D eigenvalue weighted by molar-refractivity contribution is -0.192. The molecule has 1 aliphatic rings. The molecule has 1 amide bonds. The smallest absolute Gasteiger partial charge is 0.490 e. The summed E-state index contributed by atoms with van der Waals surface area (Å²) in [6, 6.07) is 11.1. The maximum absolute atomic E-state index is 14.3. The number of amides is 1. The van der Waals surface area contributed by atoms with E-state index in [0.717, 1.165) is 43.3 Å². The number of carbonyl (C=O) groups excluding carboxylic acids is 1. The summed E-state index contributed by atoms with van der Waals surface area (Å²) in [5, 5.41) is 7.12. The van der Waals surface area contributed by atoms with Crippen molar-refractivity contribution >= 4 is 11.9 Å². The summed E-state index contributed by atoms with van der Waals surface area (Å²) in [4.78, 5) is 26.0. The molecule has 0 saturated carbocycles. The third-order valence-corrected chi connectivity index (χ3v) is 5.88. The van der Waals surface area contributed by atoms with Crippen molar-refractivity contribution in [1.82, 2.24) is 9.80 Å². The molecule has 2 aromatic rings. The van der Waals surface area contributed by atoms with Crippen LogP contribution in [0.3, 0.4) is 0 Å². The Morgan fingerprint density at radius 2 is 1.65 bits per heavy atom. The standard InChI is InChI=1S/C24H30F2N2O2.C2HF3O2/c1-3-30-22-8-4-19(5-9-22)16-28(17-20-6-7-21(25)15-23(20)26)24(29)14-18-10-12-27(2)13-11-18;3-2(4,5)1(6)7/h4-9,15,18H,3,10-14,16-17H2,1-2H3;(H,6,7). The number of hydrogen-bond acceptors (Lipinski definition) is 4. The molecule has 0 unspecified atom stereocenters. The Hall–Kier alpha value is -3.21. The molecule has 1 heterocycles. The lowest BCUT2D eigenvalue weighted by Crippen LogP contribution is -2.35. The fourth-order valence-corrected chi connectivity index (χ4v) is 3.81. The normalized spacial score (nSPS) is 14.5. The van der Waals surface area contributed by atoms with Gasteiger partial charge in [-0.2, -0.15) is 13.2 Å². The second-order valence-corrected chi connectivity index (χ2v) is 8.82. The van der Waals surface area contributed by atoms with Gasteiger partial charge < -0.3 is 19.6 Å². The van der Waals surface area contributed by atoms with Crippen LogP contribution in [-0.4, -0.2) is 59.7 Å². The van der Waals surface area contributed by atoms with Crippen LogP contribution in [0.2, 0.25) is 0 Å². The molecule has 0 aliphatic carbocycles. The number of carboxylic acid groups (broad SMARTS) is 1. The van der Waals surface area contributed by atoms with E-state index in [1.54, 1.807) is 4.90 Å². The zero-order valence-electron chi connectivity index (χ0n) is 20.7. The van der Waals surface area contributed by atoms with Gasteiger partial charge in [0.15, 0.2) is 0 Å². The predicted octanol–water partition coefficient (Wildman–Crippen LogP) is 5.26. The molecule has 1 aliphatic heterocycles. The van der Waals surface area contributed by atoms with Crippen molar-refractivity contribution in [3.8, 4) is 5.75 Å². The third kappa shape index (κ3) is 10.4. The van der Waals surface area contributed by atoms with Crippen molar-refractivity contribution in [3.05, 3.63) is 65.2 Å². The molecule has 3 rings (SSSR count). The van der Waals surface area contributed by atoms with Crippen LogP contribution in [-0.2, 0) is 22.7 Å². The second-order valence-electron chi connectivity index (χ2n) is 8.82. The minimum Gasteiger partial charge on any atom is -0.494 e. The molecule has 0 spiro atoms. The van der Waals surface area contributed by atoms with Crippen molar-refractivity contribution in [2.75, 3.05) is 26.7 Å². The minimum atomic E-state index is -5.08. The molecule has 2 aromatic carbocycles. The van der Waals surface area contributed by atoms with Crippen LogP contribution in [0.1, 0.15) is 37.3 Å². The second kappa shape index (κ2) is 13.9. The molecule has 0 atom stereocenters. The van der Waals surface area contributed by atoms with Crippen LogP contribution >= 0.6 is 0 Å². The minimum absolute atomic E-state index is 0.00200. The topological polar surface area (TPSA) is 70.1 Å². The van der Waals surface area contributed by atoms with Crippen molar-refractivity contribution in [2.45, 2.75) is 45.5 Å². The number of hydrogen-bond donors (Lipinski definition) is 1. The maximum atomic E-state index is 14.3. The first kappa shape index (κ1) is 30.0. The number of aliphatic carboxylic acids is 1. The molecule has 6 nitrogen and oxygen atoms in total. The molecular weight excluding hydrogens is 499 g/mol. The summed E-state index contributed by atoms with van der Waals surface area (Å²) in [5.74, 6) is -2.88. The highest BCUT2D eigenvalue weighted by atomic mass is 19.4. The van der Waals surface area contributed by atoms with E-state index in [4.69, 9.17) is 14.6 Å². The van der Waals surface area contributed by atoms with Crippen LogP contribution < -0.4 is 4.74 Å². The monoisotopic (exact) mass is 530 g/mol. The van der Waals surface area contributed by atoms with Crippen molar-refractivity contribution in [3.63, 3.8) is 0 Å². The van der Waals surface area contributed by atoms with Gasteiger partial charge in [0.05, 0.1) is 6.61 Å². The zero-order chi connectivity index (χ0) is 27.6. The number of likely N-dealkylation sites (tertiary alicyclic amines) is 1. The average molecular weight is 531 g/mol. The molecule has 1 N–H and O–H groups in total. The molecule has 204 valence electrons. The molecule has 37 heavy (non-hydrogen) atoms. The largest absolute Gasteiger partial charge is 0.494 e. The Morgan fingerprint density at radius 1 is 1.05 bits per heavy atom. The molecule has 0 radical (unpaired) electrons. The number of piperidine rings is 1. The number of benzene rings is 2. The van der Waals surface area contributed by atoms with E-state index < -0.39 is 23.8 Å². The number of halogens is 5. The summed E-state index contributed by atoms with van der Waals surface area (Å²) in [6.45, 7) is 4.98. The SMILES string of the molecule is CCOc1ccc(CN(Cc2ccc(F)cc2F)C(=O)CC2CCN(C)CC2)cc1.O=C(O)C(F)(F)F. The van der Waals surface area contributed by atoms with Gasteiger partial charge in [0, 0.05) is 31.1 Å². The Kier molecular flexibility index (Phi) is 11.3. The van der Waals surface area contributed by atoms with Gasteiger partial charge in [0.2, 0.25) is 5.91 Å². The van der Waals surface area contributed by atoms with Crippen molar-refractivity contribution < 1.29 is 41.4 Å². The van der Waals surface area contributed by atoms with Crippen LogP contribution in [0, 0.1) is 17.6 Å². The van der Waals surface area contributed by atoms with E-state index in [9.17, 15) is 26.7 Å². The van der Waals surface area contributed by atoms with E-state index >= 15 is 0 Å². The quantitative estimate of drug-likeness (QED) is 0.472. The average Bonchev–Trinajstić information content (AvgIpc) is 2.83. The van der Waals surface area contributed by atoms with E-state index in [1.807, 2.05) is 31.2 Å². The molecular formula is C26H31F5N2O4. The molecule has 11 heteroatoms. The summed E-state index contributed by atoms with van der Waals surface area (Å²) in [5.41, 5.74) is 1.26. The Bertz CT molecular complexity index is 1020. The fraction of sp³-hybridized carbons (Fsp3) is 0.462. The zero-order valence-corrected chi connectivity index (χ0v) is 20.7. The van der Waals surface area contributed by atoms with Crippen LogP contribution in [0.15, 0.2) is 42.5 Å². The van der Waals surface area contributed by atoms with Gasteiger partial charge in [-0.1, -0.05) is 18.2 Å². The maximum Gasteiger partial charge on any atom is 0.490 e. The van der Waals surface area contributed by atoms with Gasteiger partial charge in [0.1, 0.15) is 17.4 Å². The number of carboxylic acids is 1. The first-order chi connectivity index (χ1) is 17.4. The summed E-state index contributed by atoms with van der Waals surface area (Å²) in [7, 11) is 2.09.